The molecule has 0 saturated carbocycles. The molecule has 7 heteroatoms. The minimum atomic E-state index is -0.124. The van der Waals surface area contributed by atoms with Gasteiger partial charge in [-0.05, 0) is 50.5 Å². The molecule has 0 fully saturated rings. The van der Waals surface area contributed by atoms with Gasteiger partial charge in [0.1, 0.15) is 5.75 Å². The van der Waals surface area contributed by atoms with E-state index in [-0.39, 0.29) is 18.4 Å². The van der Waals surface area contributed by atoms with Crippen LogP contribution in [0.25, 0.3) is 0 Å². The number of hydrogen-bond acceptors (Lipinski definition) is 4. The van der Waals surface area contributed by atoms with E-state index in [4.69, 9.17) is 4.74 Å². The number of ether oxygens (including phenoxy) is 1. The number of hydrogen-bond donors (Lipinski definition) is 1. The molecule has 1 aromatic carbocycles. The molecule has 0 saturated heterocycles. The third-order valence-corrected chi connectivity index (χ3v) is 4.84. The fourth-order valence-corrected chi connectivity index (χ4v) is 3.16. The Morgan fingerprint density at radius 1 is 1.38 bits per heavy atom. The van der Waals surface area contributed by atoms with Crippen LogP contribution in [0.15, 0.2) is 18.2 Å². The SMILES string of the molecule is Cc1n[nH]c(C)c1CCCN(C)C(=O)c1ccc2c(c1)N(C)C(=O)CO2. The normalized spacial score (nSPS) is 13.4. The lowest BCUT2D eigenvalue weighted by molar-refractivity contribution is -0.120. The number of aromatic nitrogens is 2. The van der Waals surface area contributed by atoms with Gasteiger partial charge in [0.05, 0.1) is 11.4 Å². The van der Waals surface area contributed by atoms with Crippen LogP contribution < -0.4 is 9.64 Å². The zero-order valence-corrected chi connectivity index (χ0v) is 15.6. The minimum absolute atomic E-state index is 0.0313. The lowest BCUT2D eigenvalue weighted by Gasteiger charge is -2.26. The van der Waals surface area contributed by atoms with Gasteiger partial charge in [-0.15, -0.1) is 0 Å². The number of likely N-dealkylation sites (N-methyl/N-ethyl adjacent to an activating group) is 1. The fraction of sp³-hybridized carbons (Fsp3) is 0.421. The van der Waals surface area contributed by atoms with Gasteiger partial charge in [0.15, 0.2) is 6.61 Å². The summed E-state index contributed by atoms with van der Waals surface area (Å²) in [6, 6.07) is 5.21. The summed E-state index contributed by atoms with van der Waals surface area (Å²) in [7, 11) is 3.49. The van der Waals surface area contributed by atoms with Crippen LogP contribution in [0.1, 0.15) is 33.7 Å². The monoisotopic (exact) mass is 356 g/mol. The lowest BCUT2D eigenvalue weighted by atomic mass is 10.1. The van der Waals surface area contributed by atoms with Crippen molar-refractivity contribution in [2.45, 2.75) is 26.7 Å². The topological polar surface area (TPSA) is 78.5 Å². The molecular formula is C19H24N4O3. The van der Waals surface area contributed by atoms with Gasteiger partial charge in [-0.3, -0.25) is 14.7 Å². The number of aryl methyl sites for hydroxylation is 2. The summed E-state index contributed by atoms with van der Waals surface area (Å²) in [6.45, 7) is 4.67. The van der Waals surface area contributed by atoms with Crippen molar-refractivity contribution in [2.24, 2.45) is 0 Å². The Labute approximate surface area is 152 Å². The number of H-pyrrole nitrogens is 1. The van der Waals surface area contributed by atoms with Crippen LogP contribution in [0.4, 0.5) is 5.69 Å². The molecule has 138 valence electrons. The number of nitrogens with one attached hydrogen (secondary N) is 1. The number of nitrogens with zero attached hydrogens (tertiary/aromatic N) is 3. The molecule has 1 aromatic heterocycles. The second kappa shape index (κ2) is 7.19. The van der Waals surface area contributed by atoms with Crippen LogP contribution in [0, 0.1) is 13.8 Å². The number of anilines is 1. The highest BCUT2D eigenvalue weighted by molar-refractivity contribution is 6.00. The fourth-order valence-electron chi connectivity index (χ4n) is 3.16. The van der Waals surface area contributed by atoms with Crippen LogP contribution in [-0.2, 0) is 11.2 Å². The third-order valence-electron chi connectivity index (χ3n) is 4.84. The number of rotatable bonds is 5. The molecule has 1 N–H and O–H groups in total. The second-order valence-electron chi connectivity index (χ2n) is 6.67. The number of carbonyl (C=O) groups is 2. The Bertz CT molecular complexity index is 824. The van der Waals surface area contributed by atoms with E-state index in [9.17, 15) is 9.59 Å². The Kier molecular flexibility index (Phi) is 4.97. The smallest absolute Gasteiger partial charge is 0.264 e. The van der Waals surface area contributed by atoms with E-state index in [1.54, 1.807) is 37.2 Å². The number of amides is 2. The predicted molar refractivity (Wildman–Crippen MR) is 98.7 cm³/mol. The molecule has 7 nitrogen and oxygen atoms in total. The largest absolute Gasteiger partial charge is 0.482 e. The highest BCUT2D eigenvalue weighted by Gasteiger charge is 2.24. The molecule has 1 aliphatic heterocycles. The number of carbonyl (C=O) groups excluding carboxylic acids is 2. The van der Waals surface area contributed by atoms with Crippen molar-refractivity contribution < 1.29 is 14.3 Å². The summed E-state index contributed by atoms with van der Waals surface area (Å²) < 4.78 is 5.40. The van der Waals surface area contributed by atoms with E-state index in [1.165, 1.54) is 10.5 Å². The Hall–Kier alpha value is -2.83. The molecule has 26 heavy (non-hydrogen) atoms. The maximum absolute atomic E-state index is 12.7. The number of aromatic amines is 1. The van der Waals surface area contributed by atoms with Gasteiger partial charge in [-0.1, -0.05) is 0 Å². The summed E-state index contributed by atoms with van der Waals surface area (Å²) >= 11 is 0. The zero-order chi connectivity index (χ0) is 18.8. The van der Waals surface area contributed by atoms with Crippen molar-refractivity contribution in [1.29, 1.82) is 0 Å². The van der Waals surface area contributed by atoms with Crippen LogP contribution >= 0.6 is 0 Å². The molecule has 2 amide bonds. The Morgan fingerprint density at radius 3 is 2.85 bits per heavy atom. The molecule has 0 unspecified atom stereocenters. The van der Waals surface area contributed by atoms with E-state index >= 15 is 0 Å². The van der Waals surface area contributed by atoms with Crippen LogP contribution in [0.2, 0.25) is 0 Å². The maximum Gasteiger partial charge on any atom is 0.264 e. The summed E-state index contributed by atoms with van der Waals surface area (Å²) in [5.41, 5.74) is 4.49. The molecule has 0 radical (unpaired) electrons. The van der Waals surface area contributed by atoms with Gasteiger partial charge >= 0.3 is 0 Å². The highest BCUT2D eigenvalue weighted by atomic mass is 16.5. The molecule has 0 bridgehead atoms. The first-order valence-corrected chi connectivity index (χ1v) is 8.67. The third kappa shape index (κ3) is 3.42. The van der Waals surface area contributed by atoms with Crippen molar-refractivity contribution in [2.75, 3.05) is 32.1 Å². The van der Waals surface area contributed by atoms with E-state index in [0.29, 0.717) is 23.5 Å². The molecule has 2 aromatic rings. The van der Waals surface area contributed by atoms with Crippen molar-refractivity contribution in [3.05, 3.63) is 40.7 Å². The van der Waals surface area contributed by atoms with Crippen molar-refractivity contribution in [3.8, 4) is 5.75 Å². The quantitative estimate of drug-likeness (QED) is 0.890. The first-order chi connectivity index (χ1) is 12.4. The molecule has 3 rings (SSSR count). The second-order valence-corrected chi connectivity index (χ2v) is 6.67. The predicted octanol–water partition coefficient (Wildman–Crippen LogP) is 2.09. The Balaban J connectivity index is 1.64. The lowest BCUT2D eigenvalue weighted by Crippen LogP contribution is -2.36. The average molecular weight is 356 g/mol. The van der Waals surface area contributed by atoms with Crippen molar-refractivity contribution >= 4 is 17.5 Å². The standard InChI is InChI=1S/C19H24N4O3/c1-12-15(13(2)21-20-12)6-5-9-22(3)19(25)14-7-8-17-16(10-14)23(4)18(24)11-26-17/h7-8,10H,5-6,9,11H2,1-4H3,(H,20,21). The van der Waals surface area contributed by atoms with Crippen molar-refractivity contribution in [1.82, 2.24) is 15.1 Å². The first kappa shape index (κ1) is 18.0. The molecule has 2 heterocycles. The first-order valence-electron chi connectivity index (χ1n) is 8.67. The van der Waals surface area contributed by atoms with Gasteiger partial charge in [0, 0.05) is 31.9 Å². The maximum atomic E-state index is 12.7. The summed E-state index contributed by atoms with van der Waals surface area (Å²) in [5.74, 6) is 0.429. The number of benzene rings is 1. The molecule has 1 aliphatic rings. The van der Waals surface area contributed by atoms with Gasteiger partial charge in [-0.25, -0.2) is 0 Å². The van der Waals surface area contributed by atoms with E-state index in [0.717, 1.165) is 24.2 Å². The average Bonchev–Trinajstić information content (AvgIpc) is 2.96. The highest BCUT2D eigenvalue weighted by Crippen LogP contribution is 2.32. The van der Waals surface area contributed by atoms with Crippen molar-refractivity contribution in [3.63, 3.8) is 0 Å². The van der Waals surface area contributed by atoms with Crippen LogP contribution in [0.3, 0.4) is 0 Å². The Morgan fingerprint density at radius 2 is 2.15 bits per heavy atom. The minimum Gasteiger partial charge on any atom is -0.482 e. The summed E-state index contributed by atoms with van der Waals surface area (Å²) in [5, 5.41) is 7.19. The van der Waals surface area contributed by atoms with Gasteiger partial charge in [0.25, 0.3) is 11.8 Å². The molecule has 0 spiro atoms. The van der Waals surface area contributed by atoms with Gasteiger partial charge < -0.3 is 14.5 Å². The van der Waals surface area contributed by atoms with Crippen LogP contribution in [0.5, 0.6) is 5.75 Å². The summed E-state index contributed by atoms with van der Waals surface area (Å²) in [4.78, 5) is 27.7. The summed E-state index contributed by atoms with van der Waals surface area (Å²) in [6.07, 6.45) is 1.73. The van der Waals surface area contributed by atoms with Gasteiger partial charge in [0.2, 0.25) is 0 Å². The van der Waals surface area contributed by atoms with Crippen LogP contribution in [-0.4, -0.2) is 54.2 Å². The molecule has 0 aliphatic carbocycles. The molecule has 0 atom stereocenters. The zero-order valence-electron chi connectivity index (χ0n) is 15.6. The number of fused-ring (bicyclic) bond motifs is 1. The molecular weight excluding hydrogens is 332 g/mol. The van der Waals surface area contributed by atoms with E-state index in [1.807, 2.05) is 13.8 Å². The van der Waals surface area contributed by atoms with E-state index in [2.05, 4.69) is 10.2 Å². The van der Waals surface area contributed by atoms with E-state index < -0.39 is 0 Å². The van der Waals surface area contributed by atoms with Gasteiger partial charge in [-0.2, -0.15) is 5.10 Å².